The first-order valence-electron chi connectivity index (χ1n) is 4.15. The summed E-state index contributed by atoms with van der Waals surface area (Å²) in [5.41, 5.74) is 0.544. The third kappa shape index (κ3) is 2.56. The fourth-order valence-corrected chi connectivity index (χ4v) is 1.96. The van der Waals surface area contributed by atoms with Crippen LogP contribution in [0.3, 0.4) is 0 Å². The lowest BCUT2D eigenvalue weighted by atomic mass is 9.70. The molecule has 1 saturated heterocycles. The molecule has 0 aliphatic carbocycles. The predicted octanol–water partition coefficient (Wildman–Crippen LogP) is 0.0567. The van der Waals surface area contributed by atoms with Crippen molar-refractivity contribution in [3.63, 3.8) is 0 Å². The van der Waals surface area contributed by atoms with Crippen LogP contribution < -0.4 is 0 Å². The van der Waals surface area contributed by atoms with Crippen LogP contribution in [0.5, 0.6) is 0 Å². The Morgan fingerprint density at radius 1 is 1.58 bits per heavy atom. The van der Waals surface area contributed by atoms with Crippen LogP contribution in [0.4, 0.5) is 0 Å². The van der Waals surface area contributed by atoms with E-state index in [0.29, 0.717) is 5.47 Å². The minimum Gasteiger partial charge on any atom is -0.423 e. The molecule has 0 radical (unpaired) electrons. The lowest BCUT2D eigenvalue weighted by molar-refractivity contribution is 0.309. The Morgan fingerprint density at radius 2 is 2.25 bits per heavy atom. The van der Waals surface area contributed by atoms with E-state index in [0.717, 1.165) is 25.9 Å². The van der Waals surface area contributed by atoms with Crippen LogP contribution in [0, 0.1) is 5.92 Å². The smallest absolute Gasteiger partial charge is 0.423 e. The Hall–Kier alpha value is 0.115. The van der Waals surface area contributed by atoms with Crippen molar-refractivity contribution < 1.29 is 10.0 Å². The molecular weight excluding hydrogens is 172 g/mol. The number of nitrogens with zero attached hydrogens (tertiary/aromatic N) is 1. The number of hydrogen-bond acceptors (Lipinski definition) is 3. The molecule has 2 atom stereocenters. The Balaban J connectivity index is 2.46. The fraction of sp³-hybridized carbons (Fsp3) is 0.714. The van der Waals surface area contributed by atoms with Crippen LogP contribution in [0.1, 0.15) is 12.8 Å². The second-order valence-electron chi connectivity index (χ2n) is 3.28. The fourth-order valence-electron chi connectivity index (χ4n) is 1.52. The van der Waals surface area contributed by atoms with Crippen molar-refractivity contribution in [2.24, 2.45) is 5.92 Å². The molecular formula is C7H15BNO2P. The molecule has 0 bridgehead atoms. The van der Waals surface area contributed by atoms with E-state index in [1.54, 1.807) is 0 Å². The molecule has 2 N–H and O–H groups in total. The molecule has 0 spiro atoms. The standard InChI is InChI=1S/C7H15BNO2P/c1-6(8(10)11)7-3-2-4-9(12)5-7/h7,10-11H,1-5,12H2. The Morgan fingerprint density at radius 3 is 2.75 bits per heavy atom. The molecule has 0 amide bonds. The lowest BCUT2D eigenvalue weighted by Crippen LogP contribution is -2.33. The molecule has 5 heteroatoms. The molecule has 0 saturated carbocycles. The second-order valence-corrected chi connectivity index (χ2v) is 4.01. The minimum atomic E-state index is -1.36. The molecule has 3 nitrogen and oxygen atoms in total. The summed E-state index contributed by atoms with van der Waals surface area (Å²) < 4.78 is 2.11. The van der Waals surface area contributed by atoms with Gasteiger partial charge in [0.1, 0.15) is 0 Å². The van der Waals surface area contributed by atoms with Crippen molar-refractivity contribution >= 4 is 16.5 Å². The molecule has 0 aromatic rings. The zero-order chi connectivity index (χ0) is 9.14. The molecule has 0 aromatic heterocycles. The van der Waals surface area contributed by atoms with Gasteiger partial charge in [-0.1, -0.05) is 9.39 Å². The van der Waals surface area contributed by atoms with Crippen molar-refractivity contribution in [3.05, 3.63) is 12.1 Å². The minimum absolute atomic E-state index is 0.233. The molecule has 12 heavy (non-hydrogen) atoms. The van der Waals surface area contributed by atoms with E-state index >= 15 is 0 Å². The third-order valence-electron chi connectivity index (χ3n) is 2.31. The Kier molecular flexibility index (Phi) is 3.72. The molecule has 0 aromatic carbocycles. The Labute approximate surface area is 75.9 Å². The van der Waals surface area contributed by atoms with Gasteiger partial charge in [0, 0.05) is 13.1 Å². The number of hydrogen-bond donors (Lipinski definition) is 2. The Bertz CT molecular complexity index is 177. The van der Waals surface area contributed by atoms with Crippen LogP contribution in [-0.2, 0) is 0 Å². The van der Waals surface area contributed by atoms with E-state index in [-0.39, 0.29) is 5.92 Å². The van der Waals surface area contributed by atoms with Gasteiger partial charge in [0.15, 0.2) is 0 Å². The maximum absolute atomic E-state index is 8.89. The lowest BCUT2D eigenvalue weighted by Gasteiger charge is -2.30. The maximum Gasteiger partial charge on any atom is 0.483 e. The topological polar surface area (TPSA) is 43.7 Å². The molecule has 1 heterocycles. The van der Waals surface area contributed by atoms with Crippen LogP contribution in [0.2, 0.25) is 0 Å². The summed E-state index contributed by atoms with van der Waals surface area (Å²) in [5, 5.41) is 17.8. The van der Waals surface area contributed by atoms with Crippen LogP contribution in [0.15, 0.2) is 12.1 Å². The van der Waals surface area contributed by atoms with E-state index in [4.69, 9.17) is 10.0 Å². The van der Waals surface area contributed by atoms with Gasteiger partial charge in [-0.15, -0.1) is 6.58 Å². The van der Waals surface area contributed by atoms with Gasteiger partial charge in [0.25, 0.3) is 0 Å². The summed E-state index contributed by atoms with van der Waals surface area (Å²) in [6.45, 7) is 5.60. The van der Waals surface area contributed by atoms with Gasteiger partial charge >= 0.3 is 7.12 Å². The summed E-state index contributed by atoms with van der Waals surface area (Å²) in [4.78, 5) is 0. The molecule has 1 aliphatic rings. The van der Waals surface area contributed by atoms with E-state index in [1.165, 1.54) is 0 Å². The average Bonchev–Trinajstić information content (AvgIpc) is 2.03. The highest BCUT2D eigenvalue weighted by Gasteiger charge is 2.25. The predicted molar refractivity (Wildman–Crippen MR) is 53.3 cm³/mol. The van der Waals surface area contributed by atoms with Crippen molar-refractivity contribution in [1.29, 1.82) is 0 Å². The highest BCUT2D eigenvalue weighted by Crippen LogP contribution is 2.24. The molecule has 68 valence electrons. The SMILES string of the molecule is C=C(B(O)O)C1CCCN(P)C1. The number of piperidine rings is 1. The van der Waals surface area contributed by atoms with Crippen LogP contribution in [0.25, 0.3) is 0 Å². The zero-order valence-corrected chi connectivity index (χ0v) is 8.26. The summed E-state index contributed by atoms with van der Waals surface area (Å²) in [5.74, 6) is 0.233. The van der Waals surface area contributed by atoms with Crippen LogP contribution >= 0.6 is 9.39 Å². The van der Waals surface area contributed by atoms with Gasteiger partial charge in [-0.25, -0.2) is 0 Å². The van der Waals surface area contributed by atoms with E-state index in [9.17, 15) is 0 Å². The third-order valence-corrected chi connectivity index (χ3v) is 2.78. The summed E-state index contributed by atoms with van der Waals surface area (Å²) in [7, 11) is 1.28. The first-order chi connectivity index (χ1) is 5.61. The summed E-state index contributed by atoms with van der Waals surface area (Å²) >= 11 is 0. The normalized spacial score (nSPS) is 25.4. The highest BCUT2D eigenvalue weighted by molar-refractivity contribution is 7.13. The molecule has 1 rings (SSSR count). The van der Waals surface area contributed by atoms with Crippen molar-refractivity contribution in [2.45, 2.75) is 12.8 Å². The molecule has 1 aliphatic heterocycles. The van der Waals surface area contributed by atoms with Gasteiger partial charge in [-0.3, -0.25) is 4.67 Å². The number of rotatable bonds is 2. The maximum atomic E-state index is 8.89. The first kappa shape index (κ1) is 10.2. The summed E-state index contributed by atoms with van der Waals surface area (Å²) in [6.07, 6.45) is 2.11. The first-order valence-corrected chi connectivity index (χ1v) is 4.67. The molecule has 2 unspecified atom stereocenters. The second kappa shape index (κ2) is 4.38. The van der Waals surface area contributed by atoms with Crippen molar-refractivity contribution in [3.8, 4) is 0 Å². The van der Waals surface area contributed by atoms with Crippen molar-refractivity contribution in [1.82, 2.24) is 4.67 Å². The van der Waals surface area contributed by atoms with E-state index in [1.807, 2.05) is 0 Å². The van der Waals surface area contributed by atoms with Gasteiger partial charge in [-0.2, -0.15) is 0 Å². The van der Waals surface area contributed by atoms with Gasteiger partial charge in [0.2, 0.25) is 0 Å². The average molecular weight is 187 g/mol. The van der Waals surface area contributed by atoms with Gasteiger partial charge < -0.3 is 10.0 Å². The van der Waals surface area contributed by atoms with Crippen molar-refractivity contribution in [2.75, 3.05) is 13.1 Å². The monoisotopic (exact) mass is 187 g/mol. The molecule has 1 fully saturated rings. The van der Waals surface area contributed by atoms with Gasteiger partial charge in [-0.05, 0) is 24.2 Å². The largest absolute Gasteiger partial charge is 0.483 e. The quantitative estimate of drug-likeness (QED) is 0.474. The van der Waals surface area contributed by atoms with Crippen LogP contribution in [-0.4, -0.2) is 34.9 Å². The van der Waals surface area contributed by atoms with Gasteiger partial charge in [0.05, 0.1) is 0 Å². The van der Waals surface area contributed by atoms with E-state index in [2.05, 4.69) is 20.6 Å². The zero-order valence-electron chi connectivity index (χ0n) is 7.11. The highest BCUT2D eigenvalue weighted by atomic mass is 31.0. The van der Waals surface area contributed by atoms with E-state index < -0.39 is 7.12 Å². The summed E-state index contributed by atoms with van der Waals surface area (Å²) in [6, 6.07) is 0.